The van der Waals surface area contributed by atoms with Crippen LogP contribution in [-0.2, 0) is 0 Å². The molecular weight excluding hydrogens is 280 g/mol. The summed E-state index contributed by atoms with van der Waals surface area (Å²) in [6.45, 7) is 0. The van der Waals surface area contributed by atoms with Crippen molar-refractivity contribution in [3.8, 4) is 5.75 Å². The van der Waals surface area contributed by atoms with Gasteiger partial charge < -0.3 is 20.5 Å². The number of hydrogen-bond acceptors (Lipinski definition) is 4. The van der Waals surface area contributed by atoms with E-state index in [1.54, 1.807) is 11.4 Å². The van der Waals surface area contributed by atoms with Gasteiger partial charge in [0.25, 0.3) is 0 Å². The van der Waals surface area contributed by atoms with Crippen molar-refractivity contribution in [2.75, 3.05) is 17.7 Å². The van der Waals surface area contributed by atoms with Crippen LogP contribution in [0.1, 0.15) is 10.4 Å². The first kappa shape index (κ1) is 13.9. The van der Waals surface area contributed by atoms with Crippen molar-refractivity contribution in [3.05, 3.63) is 40.6 Å². The lowest BCUT2D eigenvalue weighted by Crippen LogP contribution is -2.19. The number of hydrogen-bond donors (Lipinski definition) is 3. The molecule has 0 bridgehead atoms. The minimum Gasteiger partial charge on any atom is -0.496 e. The zero-order valence-electron chi connectivity index (χ0n) is 10.5. The fraction of sp³-hybridized carbons (Fsp3) is 0.0769. The number of aromatic carboxylic acids is 1. The Bertz CT molecular complexity index is 625. The van der Waals surface area contributed by atoms with Crippen molar-refractivity contribution in [2.24, 2.45) is 0 Å². The molecule has 0 spiro atoms. The van der Waals surface area contributed by atoms with E-state index in [9.17, 15) is 9.59 Å². The fourth-order valence-electron chi connectivity index (χ4n) is 1.57. The molecule has 3 N–H and O–H groups in total. The van der Waals surface area contributed by atoms with Crippen LogP contribution in [0.25, 0.3) is 0 Å². The highest BCUT2D eigenvalue weighted by Gasteiger charge is 2.12. The lowest BCUT2D eigenvalue weighted by molar-refractivity contribution is 0.0693. The van der Waals surface area contributed by atoms with E-state index in [0.29, 0.717) is 11.4 Å². The van der Waals surface area contributed by atoms with Crippen molar-refractivity contribution < 1.29 is 19.4 Å². The van der Waals surface area contributed by atoms with Crippen LogP contribution in [0.2, 0.25) is 0 Å². The first-order valence-corrected chi connectivity index (χ1v) is 6.56. The van der Waals surface area contributed by atoms with E-state index in [1.165, 1.54) is 36.6 Å². The number of thiophene rings is 1. The Morgan fingerprint density at radius 1 is 1.20 bits per heavy atom. The zero-order chi connectivity index (χ0) is 14.5. The molecule has 0 saturated heterocycles. The maximum absolute atomic E-state index is 11.7. The topological polar surface area (TPSA) is 87.7 Å². The van der Waals surface area contributed by atoms with Gasteiger partial charge in [0, 0.05) is 17.1 Å². The summed E-state index contributed by atoms with van der Waals surface area (Å²) < 4.78 is 4.98. The molecule has 0 unspecified atom stereocenters. The molecule has 2 rings (SSSR count). The molecular formula is C13H12N2O4S. The molecule has 0 saturated carbocycles. The summed E-state index contributed by atoms with van der Waals surface area (Å²) >= 11 is 1.47. The number of urea groups is 1. The summed E-state index contributed by atoms with van der Waals surface area (Å²) in [6.07, 6.45) is 0. The van der Waals surface area contributed by atoms with Crippen LogP contribution in [0.15, 0.2) is 35.0 Å². The molecule has 0 aliphatic rings. The van der Waals surface area contributed by atoms with Crippen molar-refractivity contribution in [2.45, 2.75) is 0 Å². The molecule has 6 nitrogen and oxygen atoms in total. The number of carboxylic acid groups (broad SMARTS) is 1. The van der Waals surface area contributed by atoms with Crippen molar-refractivity contribution >= 4 is 34.7 Å². The van der Waals surface area contributed by atoms with Gasteiger partial charge in [0.2, 0.25) is 0 Å². The molecule has 1 heterocycles. The smallest absolute Gasteiger partial charge is 0.339 e. The zero-order valence-corrected chi connectivity index (χ0v) is 11.4. The lowest BCUT2D eigenvalue weighted by Gasteiger charge is -2.09. The average Bonchev–Trinajstić information content (AvgIpc) is 2.90. The number of nitrogens with one attached hydrogen (secondary N) is 2. The van der Waals surface area contributed by atoms with Crippen LogP contribution >= 0.6 is 11.3 Å². The predicted octanol–water partition coefficient (Wildman–Crippen LogP) is 3.10. The molecule has 0 aliphatic carbocycles. The highest BCUT2D eigenvalue weighted by atomic mass is 32.1. The summed E-state index contributed by atoms with van der Waals surface area (Å²) in [7, 11) is 1.37. The van der Waals surface area contributed by atoms with E-state index < -0.39 is 12.0 Å². The average molecular weight is 292 g/mol. The van der Waals surface area contributed by atoms with E-state index >= 15 is 0 Å². The molecule has 1 aromatic heterocycles. The Morgan fingerprint density at radius 3 is 2.55 bits per heavy atom. The number of benzene rings is 1. The van der Waals surface area contributed by atoms with E-state index in [0.717, 1.165) is 0 Å². The summed E-state index contributed by atoms with van der Waals surface area (Å²) in [4.78, 5) is 22.7. The molecule has 2 amide bonds. The third-order valence-corrected chi connectivity index (χ3v) is 3.15. The van der Waals surface area contributed by atoms with Gasteiger partial charge in [0.15, 0.2) is 0 Å². The van der Waals surface area contributed by atoms with Crippen LogP contribution in [-0.4, -0.2) is 24.2 Å². The van der Waals surface area contributed by atoms with Crippen LogP contribution < -0.4 is 15.4 Å². The second-order valence-electron chi connectivity index (χ2n) is 3.81. The summed E-state index contributed by atoms with van der Waals surface area (Å²) in [5.74, 6) is -0.901. The number of anilines is 2. The van der Waals surface area contributed by atoms with Crippen LogP contribution in [0.4, 0.5) is 16.2 Å². The minimum absolute atomic E-state index is 0.0382. The van der Waals surface area contributed by atoms with Gasteiger partial charge in [-0.1, -0.05) is 0 Å². The Balaban J connectivity index is 2.09. The van der Waals surface area contributed by atoms with Crippen LogP contribution in [0.5, 0.6) is 5.75 Å². The normalized spacial score (nSPS) is 9.85. The largest absolute Gasteiger partial charge is 0.496 e. The number of amides is 2. The number of carbonyl (C=O) groups excluding carboxylic acids is 1. The fourth-order valence-corrected chi connectivity index (χ4v) is 2.16. The number of carboxylic acids is 1. The highest BCUT2D eigenvalue weighted by molar-refractivity contribution is 7.08. The molecule has 2 aromatic rings. The van der Waals surface area contributed by atoms with Crippen molar-refractivity contribution in [1.82, 2.24) is 0 Å². The van der Waals surface area contributed by atoms with Gasteiger partial charge in [-0.05, 0) is 23.6 Å². The van der Waals surface area contributed by atoms with Crippen molar-refractivity contribution in [1.29, 1.82) is 0 Å². The maximum atomic E-state index is 11.7. The highest BCUT2D eigenvalue weighted by Crippen LogP contribution is 2.23. The number of methoxy groups -OCH3 is 1. The van der Waals surface area contributed by atoms with Gasteiger partial charge in [-0.15, -0.1) is 0 Å². The standard InChI is InChI=1S/C13H12N2O4S/c1-19-11-6-8(2-3-10(11)12(16)17)14-13(18)15-9-4-5-20-7-9/h2-7H,1H3,(H,16,17)(H2,14,15,18). The third-order valence-electron chi connectivity index (χ3n) is 2.47. The van der Waals surface area contributed by atoms with Gasteiger partial charge >= 0.3 is 12.0 Å². The van der Waals surface area contributed by atoms with Crippen molar-refractivity contribution in [3.63, 3.8) is 0 Å². The third kappa shape index (κ3) is 3.27. The summed E-state index contributed by atoms with van der Waals surface area (Å²) in [5.41, 5.74) is 1.18. The first-order chi connectivity index (χ1) is 9.60. The molecule has 0 aliphatic heterocycles. The van der Waals surface area contributed by atoms with Gasteiger partial charge in [-0.2, -0.15) is 11.3 Å². The molecule has 20 heavy (non-hydrogen) atoms. The van der Waals surface area contributed by atoms with Crippen LogP contribution in [0.3, 0.4) is 0 Å². The molecule has 1 aromatic carbocycles. The Morgan fingerprint density at radius 2 is 1.95 bits per heavy atom. The molecule has 0 atom stereocenters. The molecule has 0 radical (unpaired) electrons. The molecule has 104 valence electrons. The Labute approximate surface area is 119 Å². The predicted molar refractivity (Wildman–Crippen MR) is 76.9 cm³/mol. The van der Waals surface area contributed by atoms with Gasteiger partial charge in [0.05, 0.1) is 12.8 Å². The number of rotatable bonds is 4. The Hall–Kier alpha value is -2.54. The van der Waals surface area contributed by atoms with E-state index in [4.69, 9.17) is 9.84 Å². The molecule has 0 fully saturated rings. The quantitative estimate of drug-likeness (QED) is 0.808. The maximum Gasteiger partial charge on any atom is 0.339 e. The van der Waals surface area contributed by atoms with Gasteiger partial charge in [0.1, 0.15) is 11.3 Å². The monoisotopic (exact) mass is 292 g/mol. The first-order valence-electron chi connectivity index (χ1n) is 5.61. The Kier molecular flexibility index (Phi) is 4.21. The van der Waals surface area contributed by atoms with E-state index in [2.05, 4.69) is 10.6 Å². The van der Waals surface area contributed by atoms with Gasteiger partial charge in [-0.3, -0.25) is 0 Å². The lowest BCUT2D eigenvalue weighted by atomic mass is 10.2. The second-order valence-corrected chi connectivity index (χ2v) is 4.59. The number of ether oxygens (including phenoxy) is 1. The van der Waals surface area contributed by atoms with Gasteiger partial charge in [-0.25, -0.2) is 9.59 Å². The minimum atomic E-state index is -1.09. The van der Waals surface area contributed by atoms with E-state index in [-0.39, 0.29) is 11.3 Å². The molecule has 7 heteroatoms. The summed E-state index contributed by atoms with van der Waals surface area (Å²) in [6, 6.07) is 5.70. The van der Waals surface area contributed by atoms with E-state index in [1.807, 2.05) is 5.38 Å². The number of carbonyl (C=O) groups is 2. The second kappa shape index (κ2) is 6.07. The summed E-state index contributed by atoms with van der Waals surface area (Å²) in [5, 5.41) is 17.9. The van der Waals surface area contributed by atoms with Crippen LogP contribution in [0, 0.1) is 0 Å². The SMILES string of the molecule is COc1cc(NC(=O)Nc2ccsc2)ccc1C(=O)O.